The van der Waals surface area contributed by atoms with Gasteiger partial charge in [-0.25, -0.2) is 4.79 Å². The van der Waals surface area contributed by atoms with Gasteiger partial charge in [0.1, 0.15) is 5.82 Å². The van der Waals surface area contributed by atoms with Gasteiger partial charge in [0.2, 0.25) is 5.91 Å². The summed E-state index contributed by atoms with van der Waals surface area (Å²) in [5.74, 6) is -0.424. The Labute approximate surface area is 178 Å². The van der Waals surface area contributed by atoms with Crippen molar-refractivity contribution in [3.63, 3.8) is 0 Å². The number of carbonyl (C=O) groups is 1. The minimum atomic E-state index is -0.719. The second-order valence-corrected chi connectivity index (χ2v) is 7.16. The molecule has 0 fully saturated rings. The van der Waals surface area contributed by atoms with Crippen LogP contribution in [0.25, 0.3) is 0 Å². The van der Waals surface area contributed by atoms with Crippen molar-refractivity contribution in [3.8, 4) is 0 Å². The van der Waals surface area contributed by atoms with E-state index in [0.717, 1.165) is 16.8 Å². The zero-order valence-corrected chi connectivity index (χ0v) is 17.8. The Bertz CT molecular complexity index is 1180. The Kier molecular flexibility index (Phi) is 6.71. The van der Waals surface area contributed by atoms with E-state index >= 15 is 0 Å². The van der Waals surface area contributed by atoms with Crippen LogP contribution in [0.5, 0.6) is 0 Å². The van der Waals surface area contributed by atoms with Gasteiger partial charge in [-0.1, -0.05) is 30.3 Å². The molecule has 0 radical (unpaired) electrons. The summed E-state index contributed by atoms with van der Waals surface area (Å²) in [4.78, 5) is 42.0. The molecule has 2 heterocycles. The monoisotopic (exact) mass is 426 g/mol. The molecule has 164 valence electrons. The number of ether oxygens (including phenoxy) is 1. The molecule has 31 heavy (non-hydrogen) atoms. The fourth-order valence-electron chi connectivity index (χ4n) is 3.28. The van der Waals surface area contributed by atoms with E-state index in [0.29, 0.717) is 0 Å². The first-order valence-corrected chi connectivity index (χ1v) is 9.76. The number of nitrogens with two attached hydrogens (primary N) is 1. The number of nitrogens with one attached hydrogen (secondary N) is 1. The lowest BCUT2D eigenvalue weighted by molar-refractivity contribution is -0.118. The van der Waals surface area contributed by atoms with Crippen molar-refractivity contribution in [1.82, 2.24) is 19.3 Å². The van der Waals surface area contributed by atoms with Crippen molar-refractivity contribution >= 4 is 17.4 Å². The summed E-state index contributed by atoms with van der Waals surface area (Å²) >= 11 is 0. The van der Waals surface area contributed by atoms with Crippen molar-refractivity contribution in [3.05, 3.63) is 74.2 Å². The van der Waals surface area contributed by atoms with Gasteiger partial charge < -0.3 is 10.5 Å². The fraction of sp³-hybridized carbons (Fsp3) is 0.333. The van der Waals surface area contributed by atoms with Crippen LogP contribution in [0.4, 0.5) is 11.5 Å². The first kappa shape index (κ1) is 22.0. The minimum Gasteiger partial charge on any atom is -0.383 e. The van der Waals surface area contributed by atoms with Crippen molar-refractivity contribution in [2.45, 2.75) is 26.4 Å². The van der Waals surface area contributed by atoms with E-state index < -0.39 is 11.2 Å². The maximum atomic E-state index is 13.4. The summed E-state index contributed by atoms with van der Waals surface area (Å²) in [5.41, 5.74) is 7.19. The van der Waals surface area contributed by atoms with Crippen LogP contribution in [0.1, 0.15) is 16.8 Å². The van der Waals surface area contributed by atoms with Crippen molar-refractivity contribution in [2.24, 2.45) is 7.05 Å². The number of aromatic nitrogens is 4. The summed E-state index contributed by atoms with van der Waals surface area (Å²) in [6.07, 6.45) is 1.66. The zero-order valence-electron chi connectivity index (χ0n) is 17.8. The molecule has 0 saturated carbocycles. The normalized spacial score (nSPS) is 10.9. The van der Waals surface area contributed by atoms with E-state index in [-0.39, 0.29) is 43.5 Å². The third kappa shape index (κ3) is 4.75. The lowest BCUT2D eigenvalue weighted by atomic mass is 10.1. The Hall–Kier alpha value is -3.66. The van der Waals surface area contributed by atoms with Crippen LogP contribution in [-0.4, -0.2) is 39.0 Å². The number of H-pyrrole nitrogens is 1. The van der Waals surface area contributed by atoms with Gasteiger partial charge >= 0.3 is 5.69 Å². The van der Waals surface area contributed by atoms with E-state index in [2.05, 4.69) is 10.1 Å². The highest BCUT2D eigenvalue weighted by molar-refractivity contribution is 5.96. The van der Waals surface area contributed by atoms with Gasteiger partial charge in [-0.2, -0.15) is 5.10 Å². The average Bonchev–Trinajstić information content (AvgIpc) is 3.05. The molecule has 1 amide bonds. The Morgan fingerprint density at radius 3 is 2.58 bits per heavy atom. The molecule has 3 rings (SSSR count). The van der Waals surface area contributed by atoms with Crippen LogP contribution >= 0.6 is 0 Å². The molecule has 0 aliphatic heterocycles. The Balaban J connectivity index is 2.08. The highest BCUT2D eigenvalue weighted by atomic mass is 16.5. The number of methoxy groups -OCH3 is 1. The quantitative estimate of drug-likeness (QED) is 0.542. The number of aryl methyl sites for hydroxylation is 1. The van der Waals surface area contributed by atoms with Crippen LogP contribution in [-0.2, 0) is 36.1 Å². The molecule has 0 saturated heterocycles. The molecule has 0 atom stereocenters. The number of rotatable bonds is 8. The van der Waals surface area contributed by atoms with Crippen molar-refractivity contribution in [2.75, 3.05) is 24.4 Å². The van der Waals surface area contributed by atoms with E-state index in [4.69, 9.17) is 10.5 Å². The first-order valence-electron chi connectivity index (χ1n) is 9.76. The van der Waals surface area contributed by atoms with Gasteiger partial charge in [0, 0.05) is 25.4 Å². The summed E-state index contributed by atoms with van der Waals surface area (Å²) in [7, 11) is 3.29. The van der Waals surface area contributed by atoms with Crippen molar-refractivity contribution in [1.29, 1.82) is 0 Å². The second kappa shape index (κ2) is 9.43. The van der Waals surface area contributed by atoms with Crippen LogP contribution in [0.15, 0.2) is 46.1 Å². The first-order chi connectivity index (χ1) is 14.8. The highest BCUT2D eigenvalue weighted by Gasteiger charge is 2.25. The number of nitrogens with zero attached hydrogens (tertiary/aromatic N) is 4. The molecule has 2 aromatic heterocycles. The third-order valence-electron chi connectivity index (χ3n) is 5.17. The van der Waals surface area contributed by atoms with Gasteiger partial charge in [-0.15, -0.1) is 0 Å². The number of amides is 1. The molecule has 3 aromatic rings. The standard InChI is InChI=1S/C21H26N6O4/c1-14-16(12-23-25(14)2)11-17(28)27(13-15-7-5-4-6-8-15)18-19(22)26(9-10-31-3)21(30)24-20(18)29/h4-8,12H,9-11,13,22H2,1-3H3,(H,24,29,30). The topological polar surface area (TPSA) is 128 Å². The molecule has 3 N–H and O–H groups in total. The molecule has 1 aromatic carbocycles. The summed E-state index contributed by atoms with van der Waals surface area (Å²) < 4.78 is 7.90. The van der Waals surface area contributed by atoms with E-state index in [9.17, 15) is 14.4 Å². The molecule has 0 aliphatic rings. The van der Waals surface area contributed by atoms with Gasteiger partial charge in [0.05, 0.1) is 32.3 Å². The van der Waals surface area contributed by atoms with Crippen LogP contribution < -0.4 is 21.9 Å². The Morgan fingerprint density at radius 2 is 1.97 bits per heavy atom. The number of hydrogen-bond donors (Lipinski definition) is 2. The number of benzene rings is 1. The lowest BCUT2D eigenvalue weighted by Crippen LogP contribution is -2.41. The molecular weight excluding hydrogens is 400 g/mol. The molecule has 10 nitrogen and oxygen atoms in total. The minimum absolute atomic E-state index is 0.0303. The lowest BCUT2D eigenvalue weighted by Gasteiger charge is -2.25. The summed E-state index contributed by atoms with van der Waals surface area (Å²) in [6, 6.07) is 9.25. The highest BCUT2D eigenvalue weighted by Crippen LogP contribution is 2.21. The van der Waals surface area contributed by atoms with Crippen LogP contribution in [0.3, 0.4) is 0 Å². The zero-order chi connectivity index (χ0) is 22.5. The average molecular weight is 426 g/mol. The number of anilines is 2. The molecule has 0 bridgehead atoms. The van der Waals surface area contributed by atoms with Crippen LogP contribution in [0.2, 0.25) is 0 Å². The predicted molar refractivity (Wildman–Crippen MR) is 117 cm³/mol. The molecule has 10 heteroatoms. The van der Waals surface area contributed by atoms with Gasteiger partial charge in [-0.3, -0.25) is 28.7 Å². The van der Waals surface area contributed by atoms with E-state index in [1.54, 1.807) is 17.9 Å². The van der Waals surface area contributed by atoms with Crippen molar-refractivity contribution < 1.29 is 9.53 Å². The van der Waals surface area contributed by atoms with Crippen LogP contribution in [0, 0.1) is 6.92 Å². The third-order valence-corrected chi connectivity index (χ3v) is 5.17. The number of hydrogen-bond acceptors (Lipinski definition) is 6. The molecular formula is C21H26N6O4. The predicted octanol–water partition coefficient (Wildman–Crippen LogP) is 0.583. The SMILES string of the molecule is COCCn1c(N)c(N(Cc2ccccc2)C(=O)Cc2cnn(C)c2C)c(=O)[nH]c1=O. The van der Waals surface area contributed by atoms with Gasteiger partial charge in [0.25, 0.3) is 5.56 Å². The molecule has 0 spiro atoms. The van der Waals surface area contributed by atoms with E-state index in [1.807, 2.05) is 37.3 Å². The fourth-order valence-corrected chi connectivity index (χ4v) is 3.28. The molecule has 0 unspecified atom stereocenters. The number of carbonyl (C=O) groups excluding carboxylic acids is 1. The maximum Gasteiger partial charge on any atom is 0.330 e. The Morgan fingerprint density at radius 1 is 1.26 bits per heavy atom. The maximum absolute atomic E-state index is 13.4. The van der Waals surface area contributed by atoms with E-state index in [1.165, 1.54) is 16.6 Å². The number of aromatic amines is 1. The van der Waals surface area contributed by atoms with Gasteiger partial charge in [0.15, 0.2) is 5.69 Å². The largest absolute Gasteiger partial charge is 0.383 e. The summed E-state index contributed by atoms with van der Waals surface area (Å²) in [6.45, 7) is 2.34. The number of nitrogen functional groups attached to an aromatic ring is 1. The summed E-state index contributed by atoms with van der Waals surface area (Å²) in [5, 5.41) is 4.17. The second-order valence-electron chi connectivity index (χ2n) is 7.16. The smallest absolute Gasteiger partial charge is 0.330 e. The molecule has 0 aliphatic carbocycles. The van der Waals surface area contributed by atoms with Gasteiger partial charge in [-0.05, 0) is 12.5 Å².